The van der Waals surface area contributed by atoms with Crippen molar-refractivity contribution in [2.75, 3.05) is 6.54 Å². The molecule has 0 bridgehead atoms. The van der Waals surface area contributed by atoms with E-state index in [1.165, 1.54) is 4.88 Å². The lowest BCUT2D eigenvalue weighted by Crippen LogP contribution is -2.65. The summed E-state index contributed by atoms with van der Waals surface area (Å²) in [5, 5.41) is 4.83. The summed E-state index contributed by atoms with van der Waals surface area (Å²) in [7, 11) is 0. The number of nitrogens with zero attached hydrogens (tertiary/aromatic N) is 1. The van der Waals surface area contributed by atoms with E-state index in [4.69, 9.17) is 0 Å². The van der Waals surface area contributed by atoms with Crippen LogP contribution in [0.2, 0.25) is 0 Å². The lowest BCUT2D eigenvalue weighted by Gasteiger charge is -2.43. The van der Waals surface area contributed by atoms with Crippen molar-refractivity contribution in [3.63, 3.8) is 0 Å². The van der Waals surface area contributed by atoms with Gasteiger partial charge in [0.1, 0.15) is 12.1 Å². The van der Waals surface area contributed by atoms with Crippen LogP contribution < -0.4 is 5.32 Å². The van der Waals surface area contributed by atoms with E-state index in [1.54, 1.807) is 23.2 Å². The van der Waals surface area contributed by atoms with Crippen LogP contribution in [0.3, 0.4) is 0 Å². The fraction of sp³-hybridized carbons (Fsp3) is 0.625. The van der Waals surface area contributed by atoms with Gasteiger partial charge in [0.15, 0.2) is 0 Å². The molecule has 0 aliphatic carbocycles. The Labute approximate surface area is 130 Å². The molecule has 4 nitrogen and oxygen atoms in total. The van der Waals surface area contributed by atoms with Crippen LogP contribution in [-0.2, 0) is 15.0 Å². The normalized spacial score (nSPS) is 23.6. The summed E-state index contributed by atoms with van der Waals surface area (Å²) in [6, 6.07) is 3.29. The van der Waals surface area contributed by atoms with Crippen LogP contribution in [0.5, 0.6) is 0 Å². The Morgan fingerprint density at radius 2 is 2.05 bits per heavy atom. The van der Waals surface area contributed by atoms with Crippen LogP contribution in [0.25, 0.3) is 0 Å². The number of hydrogen-bond donors (Lipinski definition) is 1. The summed E-state index contributed by atoms with van der Waals surface area (Å²) in [4.78, 5) is 27.8. The first kappa shape index (κ1) is 16.0. The number of carbonyl (C=O) groups is 2. The molecule has 1 N–H and O–H groups in total. The molecular weight excluding hydrogens is 284 g/mol. The third kappa shape index (κ3) is 3.12. The van der Waals surface area contributed by atoms with Crippen LogP contribution in [-0.4, -0.2) is 35.3 Å². The number of nitrogens with one attached hydrogen (secondary N) is 1. The molecular formula is C16H24N2O2S. The molecule has 2 heterocycles. The average Bonchev–Trinajstić information content (AvgIpc) is 2.89. The van der Waals surface area contributed by atoms with Crippen molar-refractivity contribution >= 4 is 23.2 Å². The van der Waals surface area contributed by atoms with Crippen molar-refractivity contribution in [3.05, 3.63) is 22.4 Å². The van der Waals surface area contributed by atoms with E-state index in [2.05, 4.69) is 25.2 Å². The minimum atomic E-state index is -0.438. The second-order valence-corrected chi connectivity index (χ2v) is 7.69. The van der Waals surface area contributed by atoms with Gasteiger partial charge in [-0.15, -0.1) is 11.3 Å². The van der Waals surface area contributed by atoms with Gasteiger partial charge >= 0.3 is 0 Å². The van der Waals surface area contributed by atoms with Gasteiger partial charge in [0.05, 0.1) is 0 Å². The summed E-state index contributed by atoms with van der Waals surface area (Å²) in [5.74, 6) is 0.0672. The lowest BCUT2D eigenvalue weighted by molar-refractivity contribution is -0.151. The molecule has 2 atom stereocenters. The number of carbonyl (C=O) groups excluding carboxylic acids is 2. The van der Waals surface area contributed by atoms with E-state index in [-0.39, 0.29) is 29.2 Å². The van der Waals surface area contributed by atoms with Gasteiger partial charge in [-0.25, -0.2) is 0 Å². The van der Waals surface area contributed by atoms with Gasteiger partial charge in [-0.1, -0.05) is 33.8 Å². The van der Waals surface area contributed by atoms with Crippen LogP contribution in [0.15, 0.2) is 17.5 Å². The minimum Gasteiger partial charge on any atom is -0.343 e. The Kier molecular flexibility index (Phi) is 4.42. The van der Waals surface area contributed by atoms with E-state index >= 15 is 0 Å². The number of amides is 2. The highest BCUT2D eigenvalue weighted by atomic mass is 32.1. The molecule has 0 saturated carbocycles. The van der Waals surface area contributed by atoms with Crippen molar-refractivity contribution < 1.29 is 9.59 Å². The number of piperazine rings is 1. The first-order valence-corrected chi connectivity index (χ1v) is 8.27. The molecule has 1 aliphatic heterocycles. The van der Waals surface area contributed by atoms with Gasteiger partial charge < -0.3 is 10.2 Å². The highest BCUT2D eigenvalue weighted by Gasteiger charge is 2.42. The van der Waals surface area contributed by atoms with Crippen molar-refractivity contribution in [1.29, 1.82) is 0 Å². The monoisotopic (exact) mass is 308 g/mol. The fourth-order valence-electron chi connectivity index (χ4n) is 2.89. The SMILES string of the molecule is CC1NC(=O)C(C(C)C)N(CC(C)(C)c2cccs2)C1=O. The van der Waals surface area contributed by atoms with Gasteiger partial charge in [-0.05, 0) is 24.3 Å². The summed E-state index contributed by atoms with van der Waals surface area (Å²) in [5.41, 5.74) is -0.158. The smallest absolute Gasteiger partial charge is 0.245 e. The molecule has 116 valence electrons. The van der Waals surface area contributed by atoms with E-state index in [1.807, 2.05) is 25.3 Å². The largest absolute Gasteiger partial charge is 0.343 e. The standard InChI is InChI=1S/C16H24N2O2S/c1-10(2)13-14(19)17-11(3)15(20)18(13)9-16(4,5)12-7-6-8-21-12/h6-8,10-11,13H,9H2,1-5H3,(H,17,19). The van der Waals surface area contributed by atoms with Crippen LogP contribution in [0, 0.1) is 5.92 Å². The Bertz CT molecular complexity index is 522. The molecule has 2 amide bonds. The van der Waals surface area contributed by atoms with E-state index in [0.717, 1.165) is 0 Å². The Morgan fingerprint density at radius 1 is 1.38 bits per heavy atom. The molecule has 1 aromatic rings. The maximum absolute atomic E-state index is 12.5. The molecule has 0 spiro atoms. The van der Waals surface area contributed by atoms with Crippen LogP contribution in [0.1, 0.15) is 39.5 Å². The molecule has 1 saturated heterocycles. The lowest BCUT2D eigenvalue weighted by atomic mass is 9.87. The second-order valence-electron chi connectivity index (χ2n) is 6.75. The van der Waals surface area contributed by atoms with Gasteiger partial charge in [-0.3, -0.25) is 9.59 Å². The topological polar surface area (TPSA) is 49.4 Å². The molecule has 0 radical (unpaired) electrons. The second kappa shape index (κ2) is 5.79. The zero-order valence-electron chi connectivity index (χ0n) is 13.3. The average molecular weight is 308 g/mol. The summed E-state index contributed by atoms with van der Waals surface area (Å²) < 4.78 is 0. The molecule has 21 heavy (non-hydrogen) atoms. The van der Waals surface area contributed by atoms with Crippen molar-refractivity contribution in [3.8, 4) is 0 Å². The van der Waals surface area contributed by atoms with E-state index in [0.29, 0.717) is 6.54 Å². The quantitative estimate of drug-likeness (QED) is 0.928. The first-order chi connectivity index (χ1) is 9.74. The molecule has 2 rings (SSSR count). The molecule has 5 heteroatoms. The summed E-state index contributed by atoms with van der Waals surface area (Å²) in [6.45, 7) is 10.5. The van der Waals surface area contributed by atoms with Gasteiger partial charge in [0, 0.05) is 16.8 Å². The van der Waals surface area contributed by atoms with Crippen molar-refractivity contribution in [1.82, 2.24) is 10.2 Å². The van der Waals surface area contributed by atoms with Crippen molar-refractivity contribution in [2.45, 2.75) is 52.1 Å². The molecule has 1 aromatic heterocycles. The third-order valence-corrected chi connectivity index (χ3v) is 5.24. The van der Waals surface area contributed by atoms with Gasteiger partial charge in [-0.2, -0.15) is 0 Å². The van der Waals surface area contributed by atoms with E-state index in [9.17, 15) is 9.59 Å². The van der Waals surface area contributed by atoms with E-state index < -0.39 is 6.04 Å². The van der Waals surface area contributed by atoms with Gasteiger partial charge in [0.25, 0.3) is 0 Å². The first-order valence-electron chi connectivity index (χ1n) is 7.39. The van der Waals surface area contributed by atoms with Crippen LogP contribution in [0.4, 0.5) is 0 Å². The fourth-order valence-corrected chi connectivity index (χ4v) is 3.74. The highest BCUT2D eigenvalue weighted by molar-refractivity contribution is 7.10. The molecule has 1 fully saturated rings. The molecule has 2 unspecified atom stereocenters. The predicted molar refractivity (Wildman–Crippen MR) is 85.3 cm³/mol. The highest BCUT2D eigenvalue weighted by Crippen LogP contribution is 2.31. The Hall–Kier alpha value is -1.36. The minimum absolute atomic E-state index is 0.0120. The number of hydrogen-bond acceptors (Lipinski definition) is 3. The Morgan fingerprint density at radius 3 is 2.57 bits per heavy atom. The van der Waals surface area contributed by atoms with Crippen molar-refractivity contribution in [2.24, 2.45) is 5.92 Å². The molecule has 0 aromatic carbocycles. The maximum atomic E-state index is 12.5. The predicted octanol–water partition coefficient (Wildman–Crippen LogP) is 2.40. The van der Waals surface area contributed by atoms with Gasteiger partial charge in [0.2, 0.25) is 11.8 Å². The number of thiophene rings is 1. The van der Waals surface area contributed by atoms with Crippen LogP contribution >= 0.6 is 11.3 Å². The zero-order valence-corrected chi connectivity index (χ0v) is 14.2. The summed E-state index contributed by atoms with van der Waals surface area (Å²) in [6.07, 6.45) is 0. The third-order valence-electron chi connectivity index (χ3n) is 4.00. The zero-order chi connectivity index (χ0) is 15.8. The molecule has 1 aliphatic rings. The maximum Gasteiger partial charge on any atom is 0.245 e. The Balaban J connectivity index is 2.29. The number of rotatable bonds is 4. The summed E-state index contributed by atoms with van der Waals surface area (Å²) >= 11 is 1.69.